The summed E-state index contributed by atoms with van der Waals surface area (Å²) in [6.07, 6.45) is -6.83. The third kappa shape index (κ3) is 1.08. The highest BCUT2D eigenvalue weighted by Gasteiger charge is 3.05. The van der Waals surface area contributed by atoms with Crippen LogP contribution >= 0.6 is 0 Å². The third-order valence-electron chi connectivity index (χ3n) is 2.46. The van der Waals surface area contributed by atoms with Crippen LogP contribution in [0.4, 0.5) is 48.3 Å². The minimum Gasteiger partial charge on any atom is -0.333 e. The van der Waals surface area contributed by atoms with Crippen LogP contribution in [0, 0.1) is 0 Å². The fourth-order valence-electron chi connectivity index (χ4n) is 1.40. The number of hydrogen-bond acceptors (Lipinski definition) is 1. The topological polar surface area (TPSA) is 20.2 Å². The predicted molar refractivity (Wildman–Crippen MR) is 30.8 cm³/mol. The second kappa shape index (κ2) is 3.02. The molecule has 0 spiro atoms. The normalized spacial score (nSPS) is 31.3. The van der Waals surface area contributed by atoms with Crippen molar-refractivity contribution in [2.45, 2.75) is 35.5 Å². The maximum Gasteiger partial charge on any atom is 0.400 e. The highest BCUT2D eigenvalue weighted by atomic mass is 19.4. The first-order valence-corrected chi connectivity index (χ1v) is 3.80. The Kier molecular flexibility index (Phi) is 2.56. The molecule has 0 bridgehead atoms. The maximum atomic E-state index is 12.9. The zero-order chi connectivity index (χ0) is 15.0. The first-order chi connectivity index (χ1) is 7.50. The molecule has 1 aliphatic carbocycles. The van der Waals surface area contributed by atoms with Crippen LogP contribution in [-0.2, 0) is 0 Å². The van der Waals surface area contributed by atoms with Gasteiger partial charge in [0, 0.05) is 0 Å². The van der Waals surface area contributed by atoms with Crippen molar-refractivity contribution in [1.29, 1.82) is 0 Å². The van der Waals surface area contributed by atoms with Crippen molar-refractivity contribution in [3.05, 3.63) is 0 Å². The second-order valence-electron chi connectivity index (χ2n) is 3.50. The summed E-state index contributed by atoms with van der Waals surface area (Å²) in [6, 6.07) is 0. The lowest BCUT2D eigenvalue weighted by Crippen LogP contribution is -2.65. The Morgan fingerprint density at radius 3 is 0.889 bits per heavy atom. The number of alkyl halides is 11. The summed E-state index contributed by atoms with van der Waals surface area (Å²) in [5.41, 5.74) is -7.15. The third-order valence-corrected chi connectivity index (χ3v) is 2.46. The second-order valence-corrected chi connectivity index (χ2v) is 3.50. The zero-order valence-electron chi connectivity index (χ0n) is 7.60. The van der Waals surface area contributed by atoms with Crippen molar-refractivity contribution in [3.63, 3.8) is 0 Å². The average molecular weight is 298 g/mol. The van der Waals surface area contributed by atoms with Gasteiger partial charge in [-0.05, 0) is 0 Å². The zero-order valence-corrected chi connectivity index (χ0v) is 7.60. The molecule has 1 saturated carbocycles. The molecule has 1 N–H and O–H groups in total. The highest BCUT2D eigenvalue weighted by molar-refractivity contribution is 5.29. The summed E-state index contributed by atoms with van der Waals surface area (Å²) >= 11 is 0. The molecule has 0 amide bonds. The molecule has 1 nitrogen and oxygen atoms in total. The van der Waals surface area contributed by atoms with E-state index in [-0.39, 0.29) is 0 Å². The van der Waals surface area contributed by atoms with Gasteiger partial charge in [0.1, 0.15) is 0 Å². The van der Waals surface area contributed by atoms with Crippen LogP contribution in [0.25, 0.3) is 0 Å². The van der Waals surface area contributed by atoms with Crippen LogP contribution in [0.2, 0.25) is 0 Å². The molecule has 12 heteroatoms. The monoisotopic (exact) mass is 298 g/mol. The summed E-state index contributed by atoms with van der Waals surface area (Å²) in [4.78, 5) is 0. The van der Waals surface area contributed by atoms with Crippen molar-refractivity contribution in [2.75, 3.05) is 0 Å². The van der Waals surface area contributed by atoms with Crippen molar-refractivity contribution in [1.82, 2.24) is 0 Å². The lowest BCUT2D eigenvalue weighted by Gasteiger charge is -2.33. The van der Waals surface area contributed by atoms with E-state index in [0.717, 1.165) is 0 Å². The van der Waals surface area contributed by atoms with Crippen LogP contribution in [0.3, 0.4) is 0 Å². The van der Waals surface area contributed by atoms with Gasteiger partial charge in [0.15, 0.2) is 0 Å². The molecule has 0 heterocycles. The summed E-state index contributed by atoms with van der Waals surface area (Å²) in [6.45, 7) is 0. The van der Waals surface area contributed by atoms with Crippen molar-refractivity contribution in [3.8, 4) is 0 Å². The Bertz CT molecular complexity index is 340. The van der Waals surface area contributed by atoms with Crippen LogP contribution < -0.4 is 0 Å². The lowest BCUT2D eigenvalue weighted by molar-refractivity contribution is -0.386. The van der Waals surface area contributed by atoms with E-state index in [9.17, 15) is 48.3 Å². The van der Waals surface area contributed by atoms with E-state index in [2.05, 4.69) is 0 Å². The first-order valence-electron chi connectivity index (χ1n) is 3.80. The lowest BCUT2D eigenvalue weighted by atomic mass is 9.95. The van der Waals surface area contributed by atoms with Gasteiger partial charge in [-0.15, -0.1) is 0 Å². The van der Waals surface area contributed by atoms with Gasteiger partial charge in [-0.1, -0.05) is 0 Å². The van der Waals surface area contributed by atoms with Gasteiger partial charge in [-0.3, -0.25) is 0 Å². The molecule has 0 aromatic heterocycles. The highest BCUT2D eigenvalue weighted by Crippen LogP contribution is 2.71. The molecule has 1 fully saturated rings. The number of rotatable bonds is 1. The van der Waals surface area contributed by atoms with Gasteiger partial charge >= 0.3 is 35.5 Å². The van der Waals surface area contributed by atoms with E-state index in [1.807, 2.05) is 0 Å². The van der Waals surface area contributed by atoms with E-state index in [1.54, 1.807) is 0 Å². The van der Waals surface area contributed by atoms with E-state index in [0.29, 0.717) is 0 Å². The van der Waals surface area contributed by atoms with Gasteiger partial charge in [0.25, 0.3) is 0 Å². The van der Waals surface area contributed by atoms with E-state index >= 15 is 0 Å². The number of halogens is 11. The minimum atomic E-state index is -7.20. The predicted octanol–water partition coefficient (Wildman–Crippen LogP) is 2.83. The molecule has 0 aliphatic heterocycles. The standard InChI is InChI=1S/C6HF11O/c7-1(6(16,17)18)2(8,9)4(12,13)5(14,15)3(1,10)11/h18H. The van der Waals surface area contributed by atoms with Gasteiger partial charge in [0.2, 0.25) is 0 Å². The fraction of sp³-hybridized carbons (Fsp3) is 1.00. The molecule has 1 rings (SSSR count). The summed E-state index contributed by atoms with van der Waals surface area (Å²) in [7, 11) is 0. The van der Waals surface area contributed by atoms with Crippen molar-refractivity contribution < 1.29 is 53.4 Å². The average Bonchev–Trinajstić information content (AvgIpc) is 2.16. The molecule has 1 aliphatic rings. The molecule has 108 valence electrons. The van der Waals surface area contributed by atoms with Crippen LogP contribution in [-0.4, -0.2) is 40.6 Å². The Hall–Kier alpha value is -0.810. The van der Waals surface area contributed by atoms with Crippen LogP contribution in [0.1, 0.15) is 0 Å². The first kappa shape index (κ1) is 15.2. The van der Waals surface area contributed by atoms with Crippen molar-refractivity contribution in [2.24, 2.45) is 0 Å². The Labute approximate surface area is 90.2 Å². The largest absolute Gasteiger partial charge is 0.400 e. The molecule has 0 aromatic carbocycles. The summed E-state index contributed by atoms with van der Waals surface area (Å²) in [5.74, 6) is -28.6. The number of hydrogen-bond donors (Lipinski definition) is 1. The molecule has 0 saturated heterocycles. The SMILES string of the molecule is OC(F)(F)C1(F)C(F)(F)C(F)(F)C(F)(F)C1(F)F. The molecular weight excluding hydrogens is 297 g/mol. The molecule has 0 radical (unpaired) electrons. The summed E-state index contributed by atoms with van der Waals surface area (Å²) in [5, 5.41) is 7.58. The molecule has 0 atom stereocenters. The molecule has 0 unspecified atom stereocenters. The van der Waals surface area contributed by atoms with E-state index < -0.39 is 35.5 Å². The van der Waals surface area contributed by atoms with Gasteiger partial charge in [0.05, 0.1) is 0 Å². The summed E-state index contributed by atoms with van der Waals surface area (Å²) < 4.78 is 137. The Balaban J connectivity index is 3.75. The molecule has 18 heavy (non-hydrogen) atoms. The fourth-order valence-corrected chi connectivity index (χ4v) is 1.40. The maximum absolute atomic E-state index is 12.9. The molecular formula is C6HF11O. The molecule has 0 aromatic rings. The van der Waals surface area contributed by atoms with Crippen molar-refractivity contribution >= 4 is 0 Å². The van der Waals surface area contributed by atoms with Crippen LogP contribution in [0.15, 0.2) is 0 Å². The minimum absolute atomic E-state index is 6.83. The Morgan fingerprint density at radius 2 is 0.778 bits per heavy atom. The van der Waals surface area contributed by atoms with E-state index in [1.165, 1.54) is 0 Å². The van der Waals surface area contributed by atoms with Gasteiger partial charge in [-0.25, -0.2) is 4.39 Å². The van der Waals surface area contributed by atoms with Crippen LogP contribution in [0.5, 0.6) is 0 Å². The quantitative estimate of drug-likeness (QED) is 0.738. The van der Waals surface area contributed by atoms with Gasteiger partial charge < -0.3 is 5.11 Å². The van der Waals surface area contributed by atoms with E-state index in [4.69, 9.17) is 5.11 Å². The smallest absolute Gasteiger partial charge is 0.333 e. The van der Waals surface area contributed by atoms with Gasteiger partial charge in [-0.2, -0.15) is 43.9 Å². The number of aliphatic hydroxyl groups is 1. The Morgan fingerprint density at radius 1 is 0.556 bits per heavy atom.